The quantitative estimate of drug-likeness (QED) is 0.191. The van der Waals surface area contributed by atoms with Crippen molar-refractivity contribution in [1.82, 2.24) is 24.6 Å². The van der Waals surface area contributed by atoms with Gasteiger partial charge in [0.1, 0.15) is 5.75 Å². The van der Waals surface area contributed by atoms with Crippen molar-refractivity contribution in [2.75, 3.05) is 38.4 Å². The first-order chi connectivity index (χ1) is 18.7. The van der Waals surface area contributed by atoms with Crippen LogP contribution >= 0.6 is 23.4 Å². The number of nitrogens with zero attached hydrogens (tertiary/aromatic N) is 5. The Labute approximate surface area is 239 Å². The Balaban J connectivity index is 1.37. The van der Waals surface area contributed by atoms with Gasteiger partial charge in [-0.25, -0.2) is 0 Å². The minimum Gasteiger partial charge on any atom is -0.497 e. The number of benzene rings is 2. The van der Waals surface area contributed by atoms with Gasteiger partial charge in [-0.15, -0.1) is 21.8 Å². The summed E-state index contributed by atoms with van der Waals surface area (Å²) in [6.07, 6.45) is 1.16. The standard InChI is InChI=1S/C29H36ClN5O3S/c1-21-19-33(15-16-34(21)27(37)29(2,3)20-30)25(36)14-9-17-39-28-32-31-26(22-10-8-13-24(18-22)38-4)35(28)23-11-6-5-7-12-23/h5-8,10-13,18,21H,9,14-17,19-20H2,1-4H3. The number of hydrogen-bond acceptors (Lipinski definition) is 6. The number of thioether (sulfide) groups is 1. The fraction of sp³-hybridized carbons (Fsp3) is 0.448. The average Bonchev–Trinajstić information content (AvgIpc) is 3.39. The second-order valence-corrected chi connectivity index (χ2v) is 11.7. The molecule has 2 amide bonds. The summed E-state index contributed by atoms with van der Waals surface area (Å²) in [5.74, 6) is 2.65. The lowest BCUT2D eigenvalue weighted by molar-refractivity contribution is -0.148. The molecule has 2 aromatic carbocycles. The number of aromatic nitrogens is 3. The van der Waals surface area contributed by atoms with Crippen molar-refractivity contribution in [1.29, 1.82) is 0 Å². The number of piperazine rings is 1. The van der Waals surface area contributed by atoms with Crippen molar-refractivity contribution in [3.8, 4) is 22.8 Å². The molecule has 3 aromatic rings. The number of alkyl halides is 1. The molecule has 39 heavy (non-hydrogen) atoms. The second kappa shape index (κ2) is 12.9. The lowest BCUT2D eigenvalue weighted by atomic mass is 9.93. The Morgan fingerprint density at radius 1 is 1.10 bits per heavy atom. The van der Waals surface area contributed by atoms with E-state index in [0.717, 1.165) is 33.7 Å². The van der Waals surface area contributed by atoms with Gasteiger partial charge >= 0.3 is 0 Å². The molecule has 10 heteroatoms. The largest absolute Gasteiger partial charge is 0.497 e. The second-order valence-electron chi connectivity index (χ2n) is 10.4. The Hall–Kier alpha value is -3.04. The van der Waals surface area contributed by atoms with Gasteiger partial charge < -0.3 is 14.5 Å². The molecule has 0 spiro atoms. The number of rotatable bonds is 10. The van der Waals surface area contributed by atoms with Crippen LogP contribution in [0.3, 0.4) is 0 Å². The molecule has 208 valence electrons. The minimum absolute atomic E-state index is 0.0356. The summed E-state index contributed by atoms with van der Waals surface area (Å²) in [7, 11) is 1.64. The van der Waals surface area contributed by atoms with Crippen LogP contribution in [0.5, 0.6) is 5.75 Å². The molecular weight excluding hydrogens is 534 g/mol. The number of hydrogen-bond donors (Lipinski definition) is 0. The fourth-order valence-electron chi connectivity index (χ4n) is 4.60. The zero-order valence-corrected chi connectivity index (χ0v) is 24.5. The number of ether oxygens (including phenoxy) is 1. The maximum atomic E-state index is 13.0. The Kier molecular flexibility index (Phi) is 9.56. The summed E-state index contributed by atoms with van der Waals surface area (Å²) in [4.78, 5) is 29.6. The number of amides is 2. The van der Waals surface area contributed by atoms with E-state index >= 15 is 0 Å². The molecule has 1 aliphatic heterocycles. The van der Waals surface area contributed by atoms with Gasteiger partial charge in [0.05, 0.1) is 12.5 Å². The van der Waals surface area contributed by atoms with Gasteiger partial charge in [0.25, 0.3) is 0 Å². The number of para-hydroxylation sites is 1. The first-order valence-electron chi connectivity index (χ1n) is 13.2. The van der Waals surface area contributed by atoms with E-state index in [1.54, 1.807) is 18.9 Å². The van der Waals surface area contributed by atoms with Crippen molar-refractivity contribution >= 4 is 35.2 Å². The van der Waals surface area contributed by atoms with Gasteiger partial charge in [0.2, 0.25) is 11.8 Å². The van der Waals surface area contributed by atoms with Crippen LogP contribution in [0, 0.1) is 5.41 Å². The summed E-state index contributed by atoms with van der Waals surface area (Å²) in [6.45, 7) is 7.35. The van der Waals surface area contributed by atoms with Crippen LogP contribution in [0.4, 0.5) is 0 Å². The first-order valence-corrected chi connectivity index (χ1v) is 14.7. The smallest absolute Gasteiger partial charge is 0.229 e. The van der Waals surface area contributed by atoms with Crippen LogP contribution in [0.15, 0.2) is 59.8 Å². The van der Waals surface area contributed by atoms with E-state index in [4.69, 9.17) is 16.3 Å². The molecule has 1 atom stereocenters. The molecule has 0 aliphatic carbocycles. The lowest BCUT2D eigenvalue weighted by Crippen LogP contribution is -2.58. The highest BCUT2D eigenvalue weighted by molar-refractivity contribution is 7.99. The highest BCUT2D eigenvalue weighted by Gasteiger charge is 2.36. The lowest BCUT2D eigenvalue weighted by Gasteiger charge is -2.42. The van der Waals surface area contributed by atoms with Gasteiger partial charge in [0.15, 0.2) is 11.0 Å². The third kappa shape index (κ3) is 6.76. The van der Waals surface area contributed by atoms with E-state index < -0.39 is 5.41 Å². The Morgan fingerprint density at radius 3 is 2.56 bits per heavy atom. The van der Waals surface area contributed by atoms with Gasteiger partial charge in [-0.05, 0) is 51.5 Å². The van der Waals surface area contributed by atoms with E-state index in [-0.39, 0.29) is 23.7 Å². The van der Waals surface area contributed by atoms with Crippen LogP contribution in [0.25, 0.3) is 17.1 Å². The number of halogens is 1. The molecular formula is C29H36ClN5O3S. The van der Waals surface area contributed by atoms with Crippen molar-refractivity contribution in [3.63, 3.8) is 0 Å². The maximum Gasteiger partial charge on any atom is 0.229 e. The molecule has 1 unspecified atom stereocenters. The van der Waals surface area contributed by atoms with Crippen molar-refractivity contribution in [2.45, 2.75) is 44.8 Å². The van der Waals surface area contributed by atoms with Gasteiger partial charge in [-0.2, -0.15) is 0 Å². The molecule has 0 bridgehead atoms. The van der Waals surface area contributed by atoms with Crippen molar-refractivity contribution < 1.29 is 14.3 Å². The predicted molar refractivity (Wildman–Crippen MR) is 156 cm³/mol. The summed E-state index contributed by atoms with van der Waals surface area (Å²) in [5.41, 5.74) is 1.28. The third-order valence-corrected chi connectivity index (χ3v) is 8.58. The molecule has 1 aromatic heterocycles. The van der Waals surface area contributed by atoms with E-state index in [1.807, 2.05) is 89.7 Å². The first kappa shape index (κ1) is 29.0. The molecule has 1 fully saturated rings. The van der Waals surface area contributed by atoms with E-state index in [9.17, 15) is 9.59 Å². The number of carbonyl (C=O) groups excluding carboxylic acids is 2. The SMILES string of the molecule is COc1cccc(-c2nnc(SCCCC(=O)N3CCN(C(=O)C(C)(C)CCl)C(C)C3)n2-c2ccccc2)c1. The highest BCUT2D eigenvalue weighted by Crippen LogP contribution is 2.30. The van der Waals surface area contributed by atoms with Crippen LogP contribution in [-0.4, -0.2) is 80.8 Å². The average molecular weight is 570 g/mol. The van der Waals surface area contributed by atoms with Crippen LogP contribution in [0.2, 0.25) is 0 Å². The van der Waals surface area contributed by atoms with Crippen LogP contribution in [0.1, 0.15) is 33.6 Å². The molecule has 1 aliphatic rings. The molecule has 4 rings (SSSR count). The summed E-state index contributed by atoms with van der Waals surface area (Å²) >= 11 is 7.60. The molecule has 0 radical (unpaired) electrons. The van der Waals surface area contributed by atoms with E-state index in [1.165, 1.54) is 0 Å². The van der Waals surface area contributed by atoms with Crippen LogP contribution < -0.4 is 4.74 Å². The summed E-state index contributed by atoms with van der Waals surface area (Å²) in [5, 5.41) is 9.76. The van der Waals surface area contributed by atoms with E-state index in [0.29, 0.717) is 32.5 Å². The Bertz CT molecular complexity index is 1280. The van der Waals surface area contributed by atoms with Crippen molar-refractivity contribution in [3.05, 3.63) is 54.6 Å². The summed E-state index contributed by atoms with van der Waals surface area (Å²) in [6, 6.07) is 17.8. The molecule has 0 saturated carbocycles. The molecule has 0 N–H and O–H groups in total. The molecule has 1 saturated heterocycles. The summed E-state index contributed by atoms with van der Waals surface area (Å²) < 4.78 is 7.44. The maximum absolute atomic E-state index is 13.0. The fourth-order valence-corrected chi connectivity index (χ4v) is 5.60. The minimum atomic E-state index is -0.605. The predicted octanol–water partition coefficient (Wildman–Crippen LogP) is 5.14. The zero-order chi connectivity index (χ0) is 28.0. The Morgan fingerprint density at radius 2 is 1.87 bits per heavy atom. The monoisotopic (exact) mass is 569 g/mol. The van der Waals surface area contributed by atoms with Gasteiger partial charge in [-0.3, -0.25) is 14.2 Å². The van der Waals surface area contributed by atoms with Crippen molar-refractivity contribution in [2.24, 2.45) is 5.41 Å². The van der Waals surface area contributed by atoms with Gasteiger partial charge in [-0.1, -0.05) is 42.1 Å². The normalized spacial score (nSPS) is 15.9. The van der Waals surface area contributed by atoms with Gasteiger partial charge in [0, 0.05) is 55.0 Å². The molecule has 8 nitrogen and oxygen atoms in total. The zero-order valence-electron chi connectivity index (χ0n) is 23.0. The topological polar surface area (TPSA) is 80.6 Å². The van der Waals surface area contributed by atoms with Crippen LogP contribution in [-0.2, 0) is 9.59 Å². The highest BCUT2D eigenvalue weighted by atomic mass is 35.5. The third-order valence-electron chi connectivity index (χ3n) is 6.90. The molecule has 2 heterocycles. The number of carbonyl (C=O) groups is 2. The van der Waals surface area contributed by atoms with E-state index in [2.05, 4.69) is 10.2 Å². The number of methoxy groups -OCH3 is 1.